The monoisotopic (exact) mass is 259 g/mol. The van der Waals surface area contributed by atoms with Gasteiger partial charge in [-0.2, -0.15) is 0 Å². The van der Waals surface area contributed by atoms with E-state index in [0.717, 1.165) is 12.2 Å². The van der Waals surface area contributed by atoms with Gasteiger partial charge in [-0.3, -0.25) is 0 Å². The zero-order valence-corrected chi connectivity index (χ0v) is 11.1. The molecule has 1 aromatic heterocycles. The molecule has 0 saturated carbocycles. The maximum atomic E-state index is 8.98. The average molecular weight is 259 g/mol. The number of aryl methyl sites for hydroxylation is 2. The first kappa shape index (κ1) is 12.2. The van der Waals surface area contributed by atoms with Crippen molar-refractivity contribution < 1.29 is 9.84 Å². The van der Waals surface area contributed by atoms with Gasteiger partial charge in [0.05, 0.1) is 19.3 Å². The second-order valence-corrected chi connectivity index (χ2v) is 5.04. The maximum Gasteiger partial charge on any atom is 0.126 e. The van der Waals surface area contributed by atoms with E-state index in [9.17, 15) is 0 Å². The number of benzene rings is 1. The summed E-state index contributed by atoms with van der Waals surface area (Å²) in [6, 6.07) is 4.23. The molecule has 5 heteroatoms. The van der Waals surface area contributed by atoms with Gasteiger partial charge in [0, 0.05) is 12.0 Å². The standard InChI is InChI=1S/C14H17N3O2/c1-9-3-4-10(2)14-13(9)5-12(19-14)7-17-6-11(8-18)15-16-17/h3-4,6,12,18H,5,7-8H2,1-2H3. The van der Waals surface area contributed by atoms with E-state index in [1.165, 1.54) is 16.7 Å². The lowest BCUT2D eigenvalue weighted by atomic mass is 10.0. The number of fused-ring (bicyclic) bond motifs is 1. The van der Waals surface area contributed by atoms with Crippen LogP contribution in [0.1, 0.15) is 22.4 Å². The van der Waals surface area contributed by atoms with Crippen LogP contribution in [0.3, 0.4) is 0 Å². The minimum atomic E-state index is -0.0794. The van der Waals surface area contributed by atoms with Crippen LogP contribution in [-0.4, -0.2) is 26.2 Å². The third-order valence-corrected chi connectivity index (χ3v) is 3.55. The predicted octanol–water partition coefficient (Wildman–Crippen LogP) is 1.39. The van der Waals surface area contributed by atoms with Crippen molar-refractivity contribution in [2.75, 3.05) is 0 Å². The molecule has 3 rings (SSSR count). The van der Waals surface area contributed by atoms with Crippen LogP contribution in [0.4, 0.5) is 0 Å². The Kier molecular flexibility index (Phi) is 2.98. The largest absolute Gasteiger partial charge is 0.488 e. The van der Waals surface area contributed by atoms with Crippen molar-refractivity contribution in [3.8, 4) is 5.75 Å². The lowest BCUT2D eigenvalue weighted by Gasteiger charge is -2.10. The van der Waals surface area contributed by atoms with Gasteiger partial charge in [0.2, 0.25) is 0 Å². The molecule has 0 spiro atoms. The normalized spacial score (nSPS) is 17.3. The first-order chi connectivity index (χ1) is 9.17. The van der Waals surface area contributed by atoms with E-state index in [1.807, 2.05) is 0 Å². The molecular formula is C14H17N3O2. The summed E-state index contributed by atoms with van der Waals surface area (Å²) in [5.41, 5.74) is 4.34. The van der Waals surface area contributed by atoms with Gasteiger partial charge in [-0.15, -0.1) is 5.10 Å². The zero-order chi connectivity index (χ0) is 13.4. The van der Waals surface area contributed by atoms with Crippen LogP contribution in [0.25, 0.3) is 0 Å². The Labute approximate surface area is 111 Å². The maximum absolute atomic E-state index is 8.98. The van der Waals surface area contributed by atoms with E-state index in [-0.39, 0.29) is 12.7 Å². The third-order valence-electron chi connectivity index (χ3n) is 3.55. The molecule has 0 radical (unpaired) electrons. The number of aliphatic hydroxyl groups is 1. The van der Waals surface area contributed by atoms with Gasteiger partial charge in [-0.05, 0) is 25.0 Å². The molecule has 1 atom stereocenters. The van der Waals surface area contributed by atoms with Crippen molar-refractivity contribution in [2.24, 2.45) is 0 Å². The summed E-state index contributed by atoms with van der Waals surface area (Å²) in [4.78, 5) is 0. The number of hydrogen-bond acceptors (Lipinski definition) is 4. The highest BCUT2D eigenvalue weighted by Crippen LogP contribution is 2.34. The van der Waals surface area contributed by atoms with Gasteiger partial charge in [-0.25, -0.2) is 4.68 Å². The van der Waals surface area contributed by atoms with Crippen molar-refractivity contribution >= 4 is 0 Å². The van der Waals surface area contributed by atoms with E-state index in [0.29, 0.717) is 12.2 Å². The fraction of sp³-hybridized carbons (Fsp3) is 0.429. The summed E-state index contributed by atoms with van der Waals surface area (Å²) in [5.74, 6) is 1.02. The van der Waals surface area contributed by atoms with Crippen LogP contribution >= 0.6 is 0 Å². The summed E-state index contributed by atoms with van der Waals surface area (Å²) >= 11 is 0. The van der Waals surface area contributed by atoms with Gasteiger partial charge in [0.1, 0.15) is 17.5 Å². The van der Waals surface area contributed by atoms with E-state index in [2.05, 4.69) is 36.3 Å². The van der Waals surface area contributed by atoms with E-state index < -0.39 is 0 Å². The minimum Gasteiger partial charge on any atom is -0.488 e. The predicted molar refractivity (Wildman–Crippen MR) is 70.0 cm³/mol. The van der Waals surface area contributed by atoms with Crippen molar-refractivity contribution in [2.45, 2.75) is 39.5 Å². The SMILES string of the molecule is Cc1ccc(C)c2c1CC(Cn1cc(CO)nn1)O2. The highest BCUT2D eigenvalue weighted by molar-refractivity contribution is 5.48. The molecule has 1 aliphatic heterocycles. The number of aromatic nitrogens is 3. The molecule has 100 valence electrons. The minimum absolute atomic E-state index is 0.0794. The first-order valence-corrected chi connectivity index (χ1v) is 6.43. The number of nitrogens with zero attached hydrogens (tertiary/aromatic N) is 3. The quantitative estimate of drug-likeness (QED) is 0.905. The summed E-state index contributed by atoms with van der Waals surface area (Å²) in [5, 5.41) is 16.8. The zero-order valence-electron chi connectivity index (χ0n) is 11.1. The highest BCUT2D eigenvalue weighted by Gasteiger charge is 2.26. The average Bonchev–Trinajstić information content (AvgIpc) is 3.01. The Balaban J connectivity index is 1.77. The first-order valence-electron chi connectivity index (χ1n) is 6.43. The van der Waals surface area contributed by atoms with Gasteiger partial charge < -0.3 is 9.84 Å². The third kappa shape index (κ3) is 2.21. The fourth-order valence-electron chi connectivity index (χ4n) is 2.51. The number of rotatable bonds is 3. The van der Waals surface area contributed by atoms with E-state index in [4.69, 9.17) is 9.84 Å². The molecule has 0 aliphatic carbocycles. The molecule has 2 aromatic rings. The Bertz CT molecular complexity index is 576. The summed E-state index contributed by atoms with van der Waals surface area (Å²) in [6.07, 6.45) is 2.74. The van der Waals surface area contributed by atoms with Crippen molar-refractivity contribution in [3.63, 3.8) is 0 Å². The van der Waals surface area contributed by atoms with Gasteiger partial charge in [-0.1, -0.05) is 17.3 Å². The van der Waals surface area contributed by atoms with Gasteiger partial charge in [0.25, 0.3) is 0 Å². The molecule has 1 N–H and O–H groups in total. The molecule has 0 saturated heterocycles. The van der Waals surface area contributed by atoms with Crippen LogP contribution in [-0.2, 0) is 19.6 Å². The van der Waals surface area contributed by atoms with Crippen LogP contribution < -0.4 is 4.74 Å². The topological polar surface area (TPSA) is 60.2 Å². The van der Waals surface area contributed by atoms with Crippen molar-refractivity contribution in [1.29, 1.82) is 0 Å². The summed E-state index contributed by atoms with van der Waals surface area (Å²) in [6.45, 7) is 4.76. The molecule has 0 fully saturated rings. The summed E-state index contributed by atoms with van der Waals surface area (Å²) in [7, 11) is 0. The molecule has 0 bridgehead atoms. The van der Waals surface area contributed by atoms with Crippen LogP contribution in [0, 0.1) is 13.8 Å². The van der Waals surface area contributed by atoms with Crippen LogP contribution in [0.15, 0.2) is 18.3 Å². The van der Waals surface area contributed by atoms with E-state index in [1.54, 1.807) is 10.9 Å². The molecule has 5 nitrogen and oxygen atoms in total. The van der Waals surface area contributed by atoms with Crippen LogP contribution in [0.5, 0.6) is 5.75 Å². The molecular weight excluding hydrogens is 242 g/mol. The lowest BCUT2D eigenvalue weighted by Crippen LogP contribution is -2.21. The van der Waals surface area contributed by atoms with Crippen molar-refractivity contribution in [3.05, 3.63) is 40.7 Å². The summed E-state index contributed by atoms with van der Waals surface area (Å²) < 4.78 is 7.74. The molecule has 1 aliphatic rings. The molecule has 1 aromatic carbocycles. The fourth-order valence-corrected chi connectivity index (χ4v) is 2.51. The second kappa shape index (κ2) is 4.66. The highest BCUT2D eigenvalue weighted by atomic mass is 16.5. The van der Waals surface area contributed by atoms with Crippen molar-refractivity contribution in [1.82, 2.24) is 15.0 Å². The van der Waals surface area contributed by atoms with Crippen LogP contribution in [0.2, 0.25) is 0 Å². The Morgan fingerprint density at radius 3 is 2.84 bits per heavy atom. The van der Waals surface area contributed by atoms with Gasteiger partial charge in [0.15, 0.2) is 0 Å². The lowest BCUT2D eigenvalue weighted by molar-refractivity contribution is 0.201. The number of ether oxygens (including phenoxy) is 1. The number of hydrogen-bond donors (Lipinski definition) is 1. The Morgan fingerprint density at radius 2 is 2.16 bits per heavy atom. The molecule has 19 heavy (non-hydrogen) atoms. The molecule has 0 amide bonds. The second-order valence-electron chi connectivity index (χ2n) is 5.04. The molecule has 2 heterocycles. The molecule has 1 unspecified atom stereocenters. The van der Waals surface area contributed by atoms with Gasteiger partial charge >= 0.3 is 0 Å². The number of aliphatic hydroxyl groups excluding tert-OH is 1. The Morgan fingerprint density at radius 1 is 1.37 bits per heavy atom. The Hall–Kier alpha value is -1.88. The smallest absolute Gasteiger partial charge is 0.126 e. The van der Waals surface area contributed by atoms with E-state index >= 15 is 0 Å².